The van der Waals surface area contributed by atoms with Gasteiger partial charge in [0.2, 0.25) is 5.85 Å². The molecule has 0 fully saturated rings. The lowest BCUT2D eigenvalue weighted by molar-refractivity contribution is -0.0859. The summed E-state index contributed by atoms with van der Waals surface area (Å²) in [6.45, 7) is 6.64. The van der Waals surface area contributed by atoms with Crippen LogP contribution in [0.1, 0.15) is 20.3 Å². The summed E-state index contributed by atoms with van der Waals surface area (Å²) in [5.41, 5.74) is 0. The third kappa shape index (κ3) is 2.14. The molecule has 0 saturated carbocycles. The molecule has 0 unspecified atom stereocenters. The molecule has 1 nitrogen and oxygen atoms in total. The Morgan fingerprint density at radius 2 is 2.33 bits per heavy atom. The molecule has 0 aromatic carbocycles. The summed E-state index contributed by atoms with van der Waals surface area (Å²) in [5, 5.41) is 8.81. The molecule has 0 aliphatic carbocycles. The molecule has 0 aromatic rings. The van der Waals surface area contributed by atoms with E-state index >= 15 is 0 Å². The smallest absolute Gasteiger partial charge is 0.228 e. The predicted octanol–water partition coefficient (Wildman–Crippen LogP) is 1.88. The first-order valence-corrected chi connectivity index (χ1v) is 3.09. The van der Waals surface area contributed by atoms with Crippen LogP contribution in [0.4, 0.5) is 4.39 Å². The van der Waals surface area contributed by atoms with Crippen LogP contribution in [0.2, 0.25) is 0 Å². The molecule has 0 aliphatic rings. The average Bonchev–Trinajstić information content (AvgIpc) is 1.86. The minimum absolute atomic E-state index is 0.366. The number of alkyl halides is 1. The van der Waals surface area contributed by atoms with Crippen molar-refractivity contribution in [2.24, 2.45) is 5.92 Å². The summed E-state index contributed by atoms with van der Waals surface area (Å²) in [6, 6.07) is 0. The Hall–Kier alpha value is -0.370. The number of halogens is 1. The Bertz CT molecular complexity index is 99.1. The number of aliphatic hydroxyl groups is 1. The van der Waals surface area contributed by atoms with E-state index in [0.29, 0.717) is 6.42 Å². The van der Waals surface area contributed by atoms with Crippen molar-refractivity contribution < 1.29 is 9.50 Å². The molecule has 9 heavy (non-hydrogen) atoms. The highest BCUT2D eigenvalue weighted by atomic mass is 19.2. The average molecular weight is 132 g/mol. The van der Waals surface area contributed by atoms with Gasteiger partial charge in [-0.15, -0.1) is 0 Å². The maximum atomic E-state index is 12.7. The maximum absolute atomic E-state index is 12.7. The standard InChI is InChI=1S/C7H13FO/c1-4-6(3)7(8,9)5-2/h5-6,9H,2,4H2,1,3H3/t6-,7+/m0/s1. The first kappa shape index (κ1) is 8.63. The first-order valence-electron chi connectivity index (χ1n) is 3.09. The topological polar surface area (TPSA) is 20.2 Å². The maximum Gasteiger partial charge on any atom is 0.228 e. The van der Waals surface area contributed by atoms with Crippen molar-refractivity contribution >= 4 is 0 Å². The van der Waals surface area contributed by atoms with E-state index in [4.69, 9.17) is 5.11 Å². The fourth-order valence-corrected chi connectivity index (χ4v) is 0.487. The lowest BCUT2D eigenvalue weighted by Crippen LogP contribution is -2.27. The van der Waals surface area contributed by atoms with Gasteiger partial charge in [0.1, 0.15) is 0 Å². The molecule has 2 atom stereocenters. The van der Waals surface area contributed by atoms with Crippen LogP contribution in [0.25, 0.3) is 0 Å². The fraction of sp³-hybridized carbons (Fsp3) is 0.714. The molecule has 0 bridgehead atoms. The minimum atomic E-state index is -2.19. The van der Waals surface area contributed by atoms with Gasteiger partial charge in [-0.2, -0.15) is 0 Å². The third-order valence-electron chi connectivity index (χ3n) is 1.59. The van der Waals surface area contributed by atoms with Gasteiger partial charge in [0.05, 0.1) is 0 Å². The lowest BCUT2D eigenvalue weighted by Gasteiger charge is -2.20. The molecule has 0 saturated heterocycles. The molecule has 2 heteroatoms. The summed E-state index contributed by atoms with van der Waals surface area (Å²) in [6.07, 6.45) is 1.54. The van der Waals surface area contributed by atoms with Crippen LogP contribution in [-0.4, -0.2) is 11.0 Å². The van der Waals surface area contributed by atoms with Gasteiger partial charge in [-0.05, 0) is 12.5 Å². The zero-order valence-electron chi connectivity index (χ0n) is 5.89. The number of hydrogen-bond acceptors (Lipinski definition) is 1. The van der Waals surface area contributed by atoms with E-state index < -0.39 is 5.85 Å². The number of hydrogen-bond donors (Lipinski definition) is 1. The minimum Gasteiger partial charge on any atom is -0.358 e. The highest BCUT2D eigenvalue weighted by Crippen LogP contribution is 2.22. The quantitative estimate of drug-likeness (QED) is 0.581. The van der Waals surface area contributed by atoms with E-state index in [1.807, 2.05) is 6.92 Å². The van der Waals surface area contributed by atoms with E-state index in [9.17, 15) is 4.39 Å². The largest absolute Gasteiger partial charge is 0.358 e. The lowest BCUT2D eigenvalue weighted by atomic mass is 10.00. The van der Waals surface area contributed by atoms with Crippen molar-refractivity contribution in [3.8, 4) is 0 Å². The Morgan fingerprint density at radius 3 is 2.44 bits per heavy atom. The zero-order chi connectivity index (χ0) is 7.49. The molecule has 0 rings (SSSR count). The van der Waals surface area contributed by atoms with Gasteiger partial charge in [-0.1, -0.05) is 20.4 Å². The summed E-state index contributed by atoms with van der Waals surface area (Å²) in [5.74, 6) is -2.55. The van der Waals surface area contributed by atoms with Crippen molar-refractivity contribution in [1.82, 2.24) is 0 Å². The summed E-state index contributed by atoms with van der Waals surface area (Å²) in [7, 11) is 0. The van der Waals surface area contributed by atoms with Crippen LogP contribution >= 0.6 is 0 Å². The summed E-state index contributed by atoms with van der Waals surface area (Å²) >= 11 is 0. The van der Waals surface area contributed by atoms with Crippen LogP contribution < -0.4 is 0 Å². The van der Waals surface area contributed by atoms with Crippen LogP contribution in [-0.2, 0) is 0 Å². The summed E-state index contributed by atoms with van der Waals surface area (Å²) < 4.78 is 12.7. The summed E-state index contributed by atoms with van der Waals surface area (Å²) in [4.78, 5) is 0. The van der Waals surface area contributed by atoms with E-state index in [2.05, 4.69) is 6.58 Å². The molecule has 0 spiro atoms. The van der Waals surface area contributed by atoms with Crippen molar-refractivity contribution in [1.29, 1.82) is 0 Å². The van der Waals surface area contributed by atoms with Crippen LogP contribution in [0, 0.1) is 5.92 Å². The zero-order valence-corrected chi connectivity index (χ0v) is 5.89. The third-order valence-corrected chi connectivity index (χ3v) is 1.59. The van der Waals surface area contributed by atoms with Crippen LogP contribution in [0.3, 0.4) is 0 Å². The van der Waals surface area contributed by atoms with Gasteiger partial charge in [0.15, 0.2) is 0 Å². The van der Waals surface area contributed by atoms with Crippen LogP contribution in [0.5, 0.6) is 0 Å². The molecular weight excluding hydrogens is 119 g/mol. The molecule has 0 aliphatic heterocycles. The SMILES string of the molecule is C=C[C@](O)(F)[C@@H](C)CC. The Balaban J connectivity index is 3.95. The second-order valence-electron chi connectivity index (χ2n) is 2.24. The van der Waals surface area contributed by atoms with E-state index in [0.717, 1.165) is 6.08 Å². The van der Waals surface area contributed by atoms with Crippen LogP contribution in [0.15, 0.2) is 12.7 Å². The molecule has 0 heterocycles. The molecule has 0 radical (unpaired) electrons. The number of rotatable bonds is 3. The normalized spacial score (nSPS) is 20.4. The van der Waals surface area contributed by atoms with Gasteiger partial charge in [-0.3, -0.25) is 0 Å². The molecule has 0 amide bonds. The molecule has 0 aromatic heterocycles. The van der Waals surface area contributed by atoms with Crippen molar-refractivity contribution in [2.75, 3.05) is 0 Å². The van der Waals surface area contributed by atoms with E-state index in [-0.39, 0.29) is 5.92 Å². The Kier molecular flexibility index (Phi) is 2.85. The van der Waals surface area contributed by atoms with E-state index in [1.165, 1.54) is 0 Å². The van der Waals surface area contributed by atoms with Gasteiger partial charge in [0.25, 0.3) is 0 Å². The fourth-order valence-electron chi connectivity index (χ4n) is 0.487. The second-order valence-corrected chi connectivity index (χ2v) is 2.24. The first-order chi connectivity index (χ1) is 4.04. The Labute approximate surface area is 55.2 Å². The highest BCUT2D eigenvalue weighted by Gasteiger charge is 2.27. The molecule has 1 N–H and O–H groups in total. The predicted molar refractivity (Wildman–Crippen MR) is 35.7 cm³/mol. The van der Waals surface area contributed by atoms with Gasteiger partial charge in [-0.25, -0.2) is 4.39 Å². The van der Waals surface area contributed by atoms with Gasteiger partial charge < -0.3 is 5.11 Å². The molecule has 54 valence electrons. The van der Waals surface area contributed by atoms with Crippen molar-refractivity contribution in [3.63, 3.8) is 0 Å². The van der Waals surface area contributed by atoms with Crippen molar-refractivity contribution in [3.05, 3.63) is 12.7 Å². The monoisotopic (exact) mass is 132 g/mol. The highest BCUT2D eigenvalue weighted by molar-refractivity contribution is 4.89. The van der Waals surface area contributed by atoms with Gasteiger partial charge in [0, 0.05) is 5.92 Å². The van der Waals surface area contributed by atoms with Crippen molar-refractivity contribution in [2.45, 2.75) is 26.1 Å². The van der Waals surface area contributed by atoms with Gasteiger partial charge >= 0.3 is 0 Å². The Morgan fingerprint density at radius 1 is 1.89 bits per heavy atom. The second kappa shape index (κ2) is 2.97. The molecular formula is C7H13FO. The van der Waals surface area contributed by atoms with E-state index in [1.54, 1.807) is 6.92 Å².